The van der Waals surface area contributed by atoms with Crippen molar-refractivity contribution < 1.29 is 23.7 Å². The molecule has 236 valence electrons. The van der Waals surface area contributed by atoms with Gasteiger partial charge in [0.2, 0.25) is 0 Å². The summed E-state index contributed by atoms with van der Waals surface area (Å²) in [5.41, 5.74) is 4.34. The Morgan fingerprint density at radius 3 is 2.02 bits per heavy atom. The van der Waals surface area contributed by atoms with E-state index >= 15 is 0 Å². The van der Waals surface area contributed by atoms with Crippen LogP contribution in [0.5, 0.6) is 23.0 Å². The molecular weight excluding hydrogens is 609 g/mol. The highest BCUT2D eigenvalue weighted by Gasteiger charge is 2.34. The highest BCUT2D eigenvalue weighted by Crippen LogP contribution is 2.38. The van der Waals surface area contributed by atoms with E-state index in [1.807, 2.05) is 140 Å². The lowest BCUT2D eigenvalue weighted by molar-refractivity contribution is -0.113. The highest BCUT2D eigenvalue weighted by molar-refractivity contribution is 8.19. The number of carbonyl (C=O) groups is 1. The van der Waals surface area contributed by atoms with Gasteiger partial charge in [0.25, 0.3) is 5.91 Å². The number of thioether (sulfide) groups is 1. The van der Waals surface area contributed by atoms with Crippen molar-refractivity contribution in [3.8, 4) is 23.0 Å². The molecule has 1 aliphatic heterocycles. The smallest absolute Gasteiger partial charge is 0.271 e. The van der Waals surface area contributed by atoms with E-state index in [1.54, 1.807) is 12.0 Å². The predicted molar refractivity (Wildman–Crippen MR) is 189 cm³/mol. The van der Waals surface area contributed by atoms with Crippen molar-refractivity contribution >= 4 is 40.3 Å². The zero-order valence-electron chi connectivity index (χ0n) is 26.2. The first kappa shape index (κ1) is 31.5. The molecule has 0 bridgehead atoms. The molecule has 1 heterocycles. The fourth-order valence-electron chi connectivity index (χ4n) is 4.94. The third-order valence-electron chi connectivity index (χ3n) is 7.23. The lowest BCUT2D eigenvalue weighted by Crippen LogP contribution is -2.28. The average molecular weight is 643 g/mol. The lowest BCUT2D eigenvalue weighted by Gasteiger charge is -2.15. The molecule has 47 heavy (non-hydrogen) atoms. The number of amidine groups is 1. The maximum Gasteiger partial charge on any atom is 0.271 e. The van der Waals surface area contributed by atoms with Crippen LogP contribution < -0.4 is 23.8 Å². The van der Waals surface area contributed by atoms with E-state index in [-0.39, 0.29) is 5.91 Å². The monoisotopic (exact) mass is 642 g/mol. The minimum absolute atomic E-state index is 0.142. The molecule has 0 aliphatic carbocycles. The second kappa shape index (κ2) is 15.2. The van der Waals surface area contributed by atoms with Crippen LogP contribution in [0.4, 0.5) is 11.4 Å². The molecule has 1 aliphatic rings. The van der Waals surface area contributed by atoms with Gasteiger partial charge in [-0.3, -0.25) is 9.69 Å². The number of para-hydroxylation sites is 2. The Balaban J connectivity index is 1.18. The molecule has 6 rings (SSSR count). The third kappa shape index (κ3) is 7.85. The van der Waals surface area contributed by atoms with Gasteiger partial charge in [-0.05, 0) is 90.0 Å². The molecule has 0 aromatic heterocycles. The molecule has 1 saturated heterocycles. The van der Waals surface area contributed by atoms with Crippen molar-refractivity contribution in [2.24, 2.45) is 4.99 Å². The standard InChI is InChI=1S/C39H34N2O5S/c1-3-44-36-24-30(20-22-34(36)45-26-28-13-7-4-8-14-28)27-46-33-21-19-29(23-35(33)43-2)25-37-38(42)41(32-17-11-6-12-18-32)39(47-37)40-31-15-9-5-10-16-31/h4-25H,3,26-27H2,1-2H3/b37-25+,40-39?. The summed E-state index contributed by atoms with van der Waals surface area (Å²) in [6, 6.07) is 40.6. The van der Waals surface area contributed by atoms with E-state index in [2.05, 4.69) is 0 Å². The summed E-state index contributed by atoms with van der Waals surface area (Å²) >= 11 is 1.34. The fraction of sp³-hybridized carbons (Fsp3) is 0.128. The van der Waals surface area contributed by atoms with Gasteiger partial charge in [-0.25, -0.2) is 4.99 Å². The number of hydrogen-bond donors (Lipinski definition) is 0. The Kier molecular flexibility index (Phi) is 10.2. The summed E-state index contributed by atoms with van der Waals surface area (Å²) in [5, 5.41) is 0.591. The molecule has 7 nitrogen and oxygen atoms in total. The van der Waals surface area contributed by atoms with Gasteiger partial charge in [0, 0.05) is 0 Å². The van der Waals surface area contributed by atoms with E-state index in [9.17, 15) is 4.79 Å². The van der Waals surface area contributed by atoms with Gasteiger partial charge >= 0.3 is 0 Å². The van der Waals surface area contributed by atoms with Gasteiger partial charge < -0.3 is 18.9 Å². The zero-order valence-corrected chi connectivity index (χ0v) is 27.0. The molecule has 0 saturated carbocycles. The van der Waals surface area contributed by atoms with Crippen LogP contribution in [0.2, 0.25) is 0 Å². The van der Waals surface area contributed by atoms with E-state index in [4.69, 9.17) is 23.9 Å². The minimum Gasteiger partial charge on any atom is -0.493 e. The van der Waals surface area contributed by atoms with Crippen LogP contribution in [0.25, 0.3) is 6.08 Å². The number of rotatable bonds is 12. The van der Waals surface area contributed by atoms with Gasteiger partial charge in [0.1, 0.15) is 13.2 Å². The Labute approximate surface area is 279 Å². The predicted octanol–water partition coefficient (Wildman–Crippen LogP) is 9.06. The normalized spacial score (nSPS) is 14.4. The van der Waals surface area contributed by atoms with Gasteiger partial charge in [0.15, 0.2) is 28.2 Å². The first-order valence-corrected chi connectivity index (χ1v) is 16.1. The van der Waals surface area contributed by atoms with Crippen LogP contribution in [-0.2, 0) is 18.0 Å². The number of anilines is 1. The molecule has 5 aromatic rings. The van der Waals surface area contributed by atoms with E-state index in [1.165, 1.54) is 11.8 Å². The minimum atomic E-state index is -0.142. The maximum atomic E-state index is 13.7. The first-order valence-electron chi connectivity index (χ1n) is 15.3. The van der Waals surface area contributed by atoms with Crippen LogP contribution in [-0.4, -0.2) is 24.8 Å². The second-order valence-electron chi connectivity index (χ2n) is 10.5. The Morgan fingerprint density at radius 2 is 1.32 bits per heavy atom. The molecule has 5 aromatic carbocycles. The van der Waals surface area contributed by atoms with Crippen molar-refractivity contribution in [3.63, 3.8) is 0 Å². The Bertz CT molecular complexity index is 1880. The second-order valence-corrected chi connectivity index (χ2v) is 11.5. The van der Waals surface area contributed by atoms with E-state index in [0.717, 1.165) is 28.1 Å². The molecule has 8 heteroatoms. The molecule has 0 atom stereocenters. The van der Waals surface area contributed by atoms with Crippen molar-refractivity contribution in [3.05, 3.63) is 149 Å². The molecule has 0 spiro atoms. The van der Waals surface area contributed by atoms with Crippen LogP contribution in [0.3, 0.4) is 0 Å². The van der Waals surface area contributed by atoms with Crippen LogP contribution >= 0.6 is 11.8 Å². The summed E-state index contributed by atoms with van der Waals surface area (Å²) in [6.45, 7) is 3.21. The number of carbonyl (C=O) groups excluding carboxylic acids is 1. The van der Waals surface area contributed by atoms with Gasteiger partial charge in [-0.1, -0.05) is 78.9 Å². The fourth-order valence-corrected chi connectivity index (χ4v) is 5.94. The van der Waals surface area contributed by atoms with Crippen molar-refractivity contribution in [1.29, 1.82) is 0 Å². The van der Waals surface area contributed by atoms with Crippen molar-refractivity contribution in [2.45, 2.75) is 20.1 Å². The number of methoxy groups -OCH3 is 1. The number of aliphatic imine (C=N–C) groups is 1. The highest BCUT2D eigenvalue weighted by atomic mass is 32.2. The first-order chi connectivity index (χ1) is 23.1. The molecular formula is C39H34N2O5S. The van der Waals surface area contributed by atoms with Crippen LogP contribution in [0.15, 0.2) is 137 Å². The molecule has 0 unspecified atom stereocenters. The SMILES string of the molecule is CCOc1cc(COc2ccc(/C=C3/SC(=Nc4ccccc4)N(c4ccccc4)C3=O)cc2OC)ccc1OCc1ccccc1. The Morgan fingerprint density at radius 1 is 0.681 bits per heavy atom. The summed E-state index contributed by atoms with van der Waals surface area (Å²) < 4.78 is 23.8. The molecule has 0 radical (unpaired) electrons. The number of hydrogen-bond acceptors (Lipinski definition) is 7. The number of amides is 1. The lowest BCUT2D eigenvalue weighted by atomic mass is 10.1. The zero-order chi connectivity index (χ0) is 32.4. The average Bonchev–Trinajstić information content (AvgIpc) is 3.41. The van der Waals surface area contributed by atoms with Crippen molar-refractivity contribution in [1.82, 2.24) is 0 Å². The maximum absolute atomic E-state index is 13.7. The number of benzene rings is 5. The van der Waals surface area contributed by atoms with Gasteiger partial charge in [0.05, 0.1) is 30.0 Å². The molecule has 1 fully saturated rings. The summed E-state index contributed by atoms with van der Waals surface area (Å²) in [5.74, 6) is 2.34. The quantitative estimate of drug-likeness (QED) is 0.127. The van der Waals surface area contributed by atoms with Crippen LogP contribution in [0, 0.1) is 0 Å². The van der Waals surface area contributed by atoms with Crippen molar-refractivity contribution in [2.75, 3.05) is 18.6 Å². The Hall–Kier alpha value is -5.47. The van der Waals surface area contributed by atoms with Gasteiger partial charge in [-0.15, -0.1) is 0 Å². The number of nitrogens with zero attached hydrogens (tertiary/aromatic N) is 2. The summed E-state index contributed by atoms with van der Waals surface area (Å²) in [7, 11) is 1.60. The topological polar surface area (TPSA) is 69.6 Å². The largest absolute Gasteiger partial charge is 0.493 e. The number of ether oxygens (including phenoxy) is 4. The van der Waals surface area contributed by atoms with E-state index in [0.29, 0.717) is 52.9 Å². The summed E-state index contributed by atoms with van der Waals surface area (Å²) in [4.78, 5) is 20.7. The summed E-state index contributed by atoms with van der Waals surface area (Å²) in [6.07, 6.45) is 1.85. The third-order valence-corrected chi connectivity index (χ3v) is 8.20. The molecule has 1 amide bonds. The molecule has 0 N–H and O–H groups in total. The van der Waals surface area contributed by atoms with Crippen LogP contribution in [0.1, 0.15) is 23.6 Å². The van der Waals surface area contributed by atoms with E-state index < -0.39 is 0 Å². The van der Waals surface area contributed by atoms with Gasteiger partial charge in [-0.2, -0.15) is 0 Å².